The molecule has 1 saturated heterocycles. The lowest BCUT2D eigenvalue weighted by Gasteiger charge is -2.30. The van der Waals surface area contributed by atoms with E-state index in [1.54, 1.807) is 14.2 Å². The van der Waals surface area contributed by atoms with Gasteiger partial charge in [0.1, 0.15) is 6.04 Å². The van der Waals surface area contributed by atoms with Gasteiger partial charge in [-0.25, -0.2) is 0 Å². The Morgan fingerprint density at radius 3 is 2.82 bits per heavy atom. The van der Waals surface area contributed by atoms with Crippen LogP contribution in [0, 0.1) is 0 Å². The molecule has 0 radical (unpaired) electrons. The summed E-state index contributed by atoms with van der Waals surface area (Å²) in [4.78, 5) is 14.0. The predicted octanol–water partition coefficient (Wildman–Crippen LogP) is -0.0594. The van der Waals surface area contributed by atoms with Gasteiger partial charge >= 0.3 is 0 Å². The SMILES string of the molecule is COCCN(C(=O)C(N)COC)C1CCSC1. The Morgan fingerprint density at radius 2 is 2.29 bits per heavy atom. The number of hydrogen-bond acceptors (Lipinski definition) is 5. The molecule has 0 bridgehead atoms. The fraction of sp³-hybridized carbons (Fsp3) is 0.909. The van der Waals surface area contributed by atoms with E-state index in [9.17, 15) is 4.79 Å². The number of carbonyl (C=O) groups is 1. The smallest absolute Gasteiger partial charge is 0.242 e. The monoisotopic (exact) mass is 262 g/mol. The van der Waals surface area contributed by atoms with E-state index in [0.29, 0.717) is 19.2 Å². The van der Waals surface area contributed by atoms with E-state index in [2.05, 4.69) is 0 Å². The molecule has 0 saturated carbocycles. The third-order valence-corrected chi connectivity index (χ3v) is 3.97. The van der Waals surface area contributed by atoms with Gasteiger partial charge in [0.15, 0.2) is 0 Å². The zero-order chi connectivity index (χ0) is 12.7. The van der Waals surface area contributed by atoms with Crippen LogP contribution in [0.4, 0.5) is 0 Å². The first-order valence-corrected chi connectivity index (χ1v) is 6.97. The van der Waals surface area contributed by atoms with Crippen molar-refractivity contribution in [2.24, 2.45) is 5.73 Å². The van der Waals surface area contributed by atoms with Gasteiger partial charge in [-0.3, -0.25) is 4.79 Å². The summed E-state index contributed by atoms with van der Waals surface area (Å²) >= 11 is 1.88. The highest BCUT2D eigenvalue weighted by Gasteiger charge is 2.29. The van der Waals surface area contributed by atoms with E-state index < -0.39 is 6.04 Å². The van der Waals surface area contributed by atoms with Gasteiger partial charge in [-0.1, -0.05) is 0 Å². The summed E-state index contributed by atoms with van der Waals surface area (Å²) in [6.07, 6.45) is 1.04. The van der Waals surface area contributed by atoms with Gasteiger partial charge in [0.2, 0.25) is 5.91 Å². The quantitative estimate of drug-likeness (QED) is 0.696. The van der Waals surface area contributed by atoms with Gasteiger partial charge in [-0.15, -0.1) is 0 Å². The molecule has 100 valence electrons. The number of thioether (sulfide) groups is 1. The maximum atomic E-state index is 12.2. The third kappa shape index (κ3) is 4.46. The topological polar surface area (TPSA) is 64.8 Å². The van der Waals surface area contributed by atoms with Crippen molar-refractivity contribution >= 4 is 17.7 Å². The van der Waals surface area contributed by atoms with Crippen LogP contribution in [0.1, 0.15) is 6.42 Å². The fourth-order valence-electron chi connectivity index (χ4n) is 1.89. The minimum absolute atomic E-state index is 0.0311. The zero-order valence-corrected chi connectivity index (χ0v) is 11.4. The molecule has 2 atom stereocenters. The summed E-state index contributed by atoms with van der Waals surface area (Å²) in [6, 6.07) is -0.270. The van der Waals surface area contributed by atoms with Crippen molar-refractivity contribution in [3.8, 4) is 0 Å². The Balaban J connectivity index is 2.57. The molecule has 0 spiro atoms. The van der Waals surface area contributed by atoms with E-state index >= 15 is 0 Å². The highest BCUT2D eigenvalue weighted by Crippen LogP contribution is 2.22. The lowest BCUT2D eigenvalue weighted by atomic mass is 10.2. The minimum Gasteiger partial charge on any atom is -0.383 e. The van der Waals surface area contributed by atoms with Crippen LogP contribution in [0.5, 0.6) is 0 Å². The van der Waals surface area contributed by atoms with Gasteiger partial charge in [0, 0.05) is 32.6 Å². The second-order valence-corrected chi connectivity index (χ2v) is 5.25. The second-order valence-electron chi connectivity index (χ2n) is 4.10. The fourth-order valence-corrected chi connectivity index (χ4v) is 3.12. The molecule has 0 aromatic heterocycles. The standard InChI is InChI=1S/C11H22N2O3S/c1-15-5-4-13(9-3-6-17-8-9)11(14)10(12)7-16-2/h9-10H,3-8,12H2,1-2H3. The van der Waals surface area contributed by atoms with Crippen LogP contribution in [-0.4, -0.2) is 68.4 Å². The average molecular weight is 262 g/mol. The van der Waals surface area contributed by atoms with Gasteiger partial charge in [0.25, 0.3) is 0 Å². The minimum atomic E-state index is -0.567. The average Bonchev–Trinajstić information content (AvgIpc) is 2.83. The summed E-state index contributed by atoms with van der Waals surface area (Å²) in [5, 5.41) is 0. The first-order chi connectivity index (χ1) is 8.20. The predicted molar refractivity (Wildman–Crippen MR) is 69.2 cm³/mol. The first-order valence-electron chi connectivity index (χ1n) is 5.82. The van der Waals surface area contributed by atoms with Gasteiger partial charge in [-0.2, -0.15) is 11.8 Å². The number of carbonyl (C=O) groups excluding carboxylic acids is 1. The number of hydrogen-bond donors (Lipinski definition) is 1. The molecule has 0 aromatic rings. The van der Waals surface area contributed by atoms with Crippen molar-refractivity contribution in [1.82, 2.24) is 4.90 Å². The van der Waals surface area contributed by atoms with Crippen molar-refractivity contribution in [3.63, 3.8) is 0 Å². The van der Waals surface area contributed by atoms with Crippen molar-refractivity contribution in [3.05, 3.63) is 0 Å². The largest absolute Gasteiger partial charge is 0.383 e. The van der Waals surface area contributed by atoms with Crippen molar-refractivity contribution in [2.45, 2.75) is 18.5 Å². The third-order valence-electron chi connectivity index (χ3n) is 2.83. The number of amides is 1. The van der Waals surface area contributed by atoms with E-state index in [0.717, 1.165) is 17.9 Å². The number of methoxy groups -OCH3 is 2. The van der Waals surface area contributed by atoms with E-state index in [1.165, 1.54) is 0 Å². The molecule has 1 aliphatic heterocycles. The number of nitrogens with two attached hydrogens (primary N) is 1. The molecule has 0 aromatic carbocycles. The Labute approximate surface area is 107 Å². The van der Waals surface area contributed by atoms with Crippen LogP contribution in [0.2, 0.25) is 0 Å². The molecular formula is C11H22N2O3S. The summed E-state index contributed by atoms with van der Waals surface area (Å²) < 4.78 is 9.98. The van der Waals surface area contributed by atoms with Gasteiger partial charge in [-0.05, 0) is 12.2 Å². The lowest BCUT2D eigenvalue weighted by Crippen LogP contribution is -2.51. The Morgan fingerprint density at radius 1 is 1.53 bits per heavy atom. The van der Waals surface area contributed by atoms with E-state index in [4.69, 9.17) is 15.2 Å². The van der Waals surface area contributed by atoms with Crippen molar-refractivity contribution < 1.29 is 14.3 Å². The number of rotatable bonds is 7. The molecule has 1 heterocycles. The van der Waals surface area contributed by atoms with Crippen molar-refractivity contribution in [1.29, 1.82) is 0 Å². The summed E-state index contributed by atoms with van der Waals surface area (Å²) in [7, 11) is 3.19. The Bertz CT molecular complexity index is 235. The van der Waals surface area contributed by atoms with Crippen LogP contribution in [0.25, 0.3) is 0 Å². The number of nitrogens with zero attached hydrogens (tertiary/aromatic N) is 1. The van der Waals surface area contributed by atoms with Crippen LogP contribution in [0.3, 0.4) is 0 Å². The van der Waals surface area contributed by atoms with Gasteiger partial charge < -0.3 is 20.1 Å². The first kappa shape index (κ1) is 14.8. The van der Waals surface area contributed by atoms with Crippen LogP contribution < -0.4 is 5.73 Å². The highest BCUT2D eigenvalue weighted by molar-refractivity contribution is 7.99. The Hall–Kier alpha value is -0.300. The van der Waals surface area contributed by atoms with E-state index in [1.807, 2.05) is 16.7 Å². The molecular weight excluding hydrogens is 240 g/mol. The summed E-state index contributed by atoms with van der Waals surface area (Å²) in [5.41, 5.74) is 5.80. The maximum Gasteiger partial charge on any atom is 0.242 e. The maximum absolute atomic E-state index is 12.2. The molecule has 0 aliphatic carbocycles. The second kappa shape index (κ2) is 7.92. The summed E-state index contributed by atoms with van der Waals surface area (Å²) in [6.45, 7) is 1.42. The van der Waals surface area contributed by atoms with Crippen LogP contribution in [0.15, 0.2) is 0 Å². The number of ether oxygens (including phenoxy) is 2. The molecule has 6 heteroatoms. The molecule has 1 amide bonds. The van der Waals surface area contributed by atoms with E-state index in [-0.39, 0.29) is 12.5 Å². The summed E-state index contributed by atoms with van der Waals surface area (Å²) in [5.74, 6) is 2.08. The van der Waals surface area contributed by atoms with Crippen LogP contribution >= 0.6 is 11.8 Å². The molecule has 17 heavy (non-hydrogen) atoms. The molecule has 2 unspecified atom stereocenters. The molecule has 1 aliphatic rings. The molecule has 5 nitrogen and oxygen atoms in total. The molecule has 1 rings (SSSR count). The van der Waals surface area contributed by atoms with Crippen molar-refractivity contribution in [2.75, 3.05) is 45.5 Å². The zero-order valence-electron chi connectivity index (χ0n) is 10.6. The lowest BCUT2D eigenvalue weighted by molar-refractivity contribution is -0.136. The van der Waals surface area contributed by atoms with Gasteiger partial charge in [0.05, 0.1) is 13.2 Å². The normalized spacial score (nSPS) is 21.5. The molecule has 2 N–H and O–H groups in total. The van der Waals surface area contributed by atoms with Crippen LogP contribution in [-0.2, 0) is 14.3 Å². The highest BCUT2D eigenvalue weighted by atomic mass is 32.2. The molecule has 1 fully saturated rings. The Kier molecular flexibility index (Phi) is 6.87.